The van der Waals surface area contributed by atoms with E-state index in [9.17, 15) is 4.39 Å². The fraction of sp³-hybridized carbons (Fsp3) is 0.474. The monoisotopic (exact) mass is 418 g/mol. The van der Waals surface area contributed by atoms with Gasteiger partial charge in [0, 0.05) is 25.2 Å². The molecule has 0 amide bonds. The van der Waals surface area contributed by atoms with Crippen molar-refractivity contribution in [3.8, 4) is 11.4 Å². The van der Waals surface area contributed by atoms with E-state index in [-0.39, 0.29) is 11.1 Å². The third-order valence-electron chi connectivity index (χ3n) is 4.81. The first kappa shape index (κ1) is 19.8. The highest BCUT2D eigenvalue weighted by Crippen LogP contribution is 2.35. The zero-order chi connectivity index (χ0) is 20.4. The molecule has 3 heterocycles. The second-order valence-electron chi connectivity index (χ2n) is 6.81. The van der Waals surface area contributed by atoms with E-state index < -0.39 is 0 Å². The summed E-state index contributed by atoms with van der Waals surface area (Å²) in [7, 11) is 0. The average Bonchev–Trinajstić information content (AvgIpc) is 3.38. The molecule has 0 saturated carbocycles. The number of aryl methyl sites for hydroxylation is 1. The summed E-state index contributed by atoms with van der Waals surface area (Å²) < 4.78 is 26.8. The van der Waals surface area contributed by atoms with Crippen LogP contribution in [-0.2, 0) is 11.3 Å². The number of benzene rings is 1. The fourth-order valence-corrected chi connectivity index (χ4v) is 4.04. The van der Waals surface area contributed by atoms with Crippen LogP contribution in [0.15, 0.2) is 27.9 Å². The Kier molecular flexibility index (Phi) is 5.81. The first-order valence-corrected chi connectivity index (χ1v) is 10.5. The largest absolute Gasteiger partial charge is 0.378 e. The molecule has 2 aromatic heterocycles. The number of anilines is 1. The first-order chi connectivity index (χ1) is 14.1. The predicted molar refractivity (Wildman–Crippen MR) is 107 cm³/mol. The lowest BCUT2D eigenvalue weighted by Gasteiger charge is -2.27. The zero-order valence-electron chi connectivity index (χ0n) is 16.6. The smallest absolute Gasteiger partial charge is 0.240 e. The molecular formula is C19H23FN6O2S. The van der Waals surface area contributed by atoms with Crippen LogP contribution in [0.4, 0.5) is 10.3 Å². The molecule has 1 atom stereocenters. The summed E-state index contributed by atoms with van der Waals surface area (Å²) in [5.41, 5.74) is 1.17. The lowest BCUT2D eigenvalue weighted by Crippen LogP contribution is -2.38. The first-order valence-electron chi connectivity index (χ1n) is 9.59. The minimum absolute atomic E-state index is 0.126. The number of thioether (sulfide) groups is 1. The van der Waals surface area contributed by atoms with Crippen LogP contribution in [0.5, 0.6) is 0 Å². The Morgan fingerprint density at radius 1 is 1.24 bits per heavy atom. The highest BCUT2D eigenvalue weighted by Gasteiger charge is 2.23. The van der Waals surface area contributed by atoms with E-state index in [0.717, 1.165) is 30.7 Å². The third kappa shape index (κ3) is 4.13. The van der Waals surface area contributed by atoms with Gasteiger partial charge in [-0.05, 0) is 32.4 Å². The van der Waals surface area contributed by atoms with Gasteiger partial charge in [0.05, 0.1) is 18.5 Å². The van der Waals surface area contributed by atoms with Gasteiger partial charge >= 0.3 is 0 Å². The third-order valence-corrected chi connectivity index (χ3v) is 5.88. The molecule has 154 valence electrons. The van der Waals surface area contributed by atoms with Gasteiger partial charge in [-0.1, -0.05) is 29.1 Å². The van der Waals surface area contributed by atoms with Crippen LogP contribution in [0.2, 0.25) is 0 Å². The van der Waals surface area contributed by atoms with Crippen molar-refractivity contribution in [2.75, 3.05) is 31.2 Å². The van der Waals surface area contributed by atoms with E-state index in [1.807, 2.05) is 6.92 Å². The quantitative estimate of drug-likeness (QED) is 0.563. The molecule has 1 fully saturated rings. The van der Waals surface area contributed by atoms with E-state index in [4.69, 9.17) is 9.26 Å². The molecule has 1 aromatic carbocycles. The normalized spacial score (nSPS) is 15.7. The number of hydrogen-bond donors (Lipinski definition) is 0. The summed E-state index contributed by atoms with van der Waals surface area (Å²) in [6.45, 7) is 9.51. The molecule has 29 heavy (non-hydrogen) atoms. The SMILES string of the molecule is CCn1c(SC(C)c2nc(-c3ccc(C)c(F)c3)no2)nnc1N1CCOCC1. The van der Waals surface area contributed by atoms with Gasteiger partial charge < -0.3 is 14.2 Å². The maximum Gasteiger partial charge on any atom is 0.240 e. The van der Waals surface area contributed by atoms with E-state index in [1.54, 1.807) is 19.1 Å². The molecule has 0 bridgehead atoms. The van der Waals surface area contributed by atoms with Gasteiger partial charge in [0.1, 0.15) is 5.82 Å². The number of aromatic nitrogens is 5. The molecule has 0 aliphatic carbocycles. The molecule has 10 heteroatoms. The van der Waals surface area contributed by atoms with Crippen molar-refractivity contribution in [3.05, 3.63) is 35.5 Å². The molecule has 8 nitrogen and oxygen atoms in total. The summed E-state index contributed by atoms with van der Waals surface area (Å²) in [5, 5.41) is 13.4. The second kappa shape index (κ2) is 8.50. The van der Waals surface area contributed by atoms with Crippen molar-refractivity contribution in [2.24, 2.45) is 0 Å². The molecule has 1 aliphatic heterocycles. The zero-order valence-corrected chi connectivity index (χ0v) is 17.4. The molecule has 1 saturated heterocycles. The van der Waals surface area contributed by atoms with Crippen molar-refractivity contribution < 1.29 is 13.7 Å². The number of rotatable bonds is 6. The van der Waals surface area contributed by atoms with Crippen LogP contribution >= 0.6 is 11.8 Å². The molecule has 0 N–H and O–H groups in total. The molecule has 3 aromatic rings. The summed E-state index contributed by atoms with van der Waals surface area (Å²) in [4.78, 5) is 6.64. The Labute approximate surface area is 172 Å². The standard InChI is InChI=1S/C19H23FN6O2S/c1-4-26-18(25-7-9-27-10-8-25)22-23-19(26)29-13(3)17-21-16(24-28-17)14-6-5-12(2)15(20)11-14/h5-6,11,13H,4,7-10H2,1-3H3. The van der Waals surface area contributed by atoms with Crippen molar-refractivity contribution in [1.29, 1.82) is 0 Å². The van der Waals surface area contributed by atoms with Crippen molar-refractivity contribution in [2.45, 2.75) is 37.7 Å². The van der Waals surface area contributed by atoms with Gasteiger partial charge in [-0.15, -0.1) is 10.2 Å². The molecule has 1 unspecified atom stereocenters. The van der Waals surface area contributed by atoms with Gasteiger partial charge in [0.15, 0.2) is 5.16 Å². The van der Waals surface area contributed by atoms with Gasteiger partial charge in [-0.25, -0.2) is 4.39 Å². The topological polar surface area (TPSA) is 82.1 Å². The highest BCUT2D eigenvalue weighted by atomic mass is 32.2. The summed E-state index contributed by atoms with van der Waals surface area (Å²) in [5.74, 6) is 1.40. The maximum absolute atomic E-state index is 13.8. The number of morpholine rings is 1. The van der Waals surface area contributed by atoms with E-state index in [2.05, 4.69) is 36.7 Å². The summed E-state index contributed by atoms with van der Waals surface area (Å²) in [6, 6.07) is 4.91. The Hall–Kier alpha value is -2.46. The molecule has 0 radical (unpaired) electrons. The lowest BCUT2D eigenvalue weighted by molar-refractivity contribution is 0.121. The number of ether oxygens (including phenoxy) is 1. The maximum atomic E-state index is 13.8. The van der Waals surface area contributed by atoms with Gasteiger partial charge in [-0.2, -0.15) is 4.98 Å². The Morgan fingerprint density at radius 2 is 2.03 bits per heavy atom. The number of nitrogens with zero attached hydrogens (tertiary/aromatic N) is 6. The number of hydrogen-bond acceptors (Lipinski definition) is 8. The Bertz CT molecular complexity index is 985. The predicted octanol–water partition coefficient (Wildman–Crippen LogP) is 3.49. The molecule has 4 rings (SSSR count). The van der Waals surface area contributed by atoms with E-state index in [0.29, 0.717) is 36.1 Å². The van der Waals surface area contributed by atoms with Crippen LogP contribution in [0.25, 0.3) is 11.4 Å². The molecule has 1 aliphatic rings. The summed E-state index contributed by atoms with van der Waals surface area (Å²) in [6.07, 6.45) is 0. The highest BCUT2D eigenvalue weighted by molar-refractivity contribution is 7.99. The van der Waals surface area contributed by atoms with Crippen LogP contribution < -0.4 is 4.90 Å². The van der Waals surface area contributed by atoms with Crippen LogP contribution in [-0.4, -0.2) is 51.2 Å². The minimum Gasteiger partial charge on any atom is -0.378 e. The average molecular weight is 418 g/mol. The van der Waals surface area contributed by atoms with E-state index >= 15 is 0 Å². The Balaban J connectivity index is 1.51. The van der Waals surface area contributed by atoms with Gasteiger partial charge in [0.2, 0.25) is 17.7 Å². The van der Waals surface area contributed by atoms with Crippen molar-refractivity contribution in [1.82, 2.24) is 24.9 Å². The second-order valence-corrected chi connectivity index (χ2v) is 8.11. The van der Waals surface area contributed by atoms with Crippen molar-refractivity contribution in [3.63, 3.8) is 0 Å². The van der Waals surface area contributed by atoms with Crippen LogP contribution in [0.3, 0.4) is 0 Å². The fourth-order valence-electron chi connectivity index (χ4n) is 3.10. The Morgan fingerprint density at radius 3 is 2.76 bits per heavy atom. The minimum atomic E-state index is -0.289. The lowest BCUT2D eigenvalue weighted by atomic mass is 10.1. The summed E-state index contributed by atoms with van der Waals surface area (Å²) >= 11 is 1.51. The van der Waals surface area contributed by atoms with Gasteiger partial charge in [-0.3, -0.25) is 4.57 Å². The number of halogens is 1. The van der Waals surface area contributed by atoms with Crippen LogP contribution in [0, 0.1) is 12.7 Å². The van der Waals surface area contributed by atoms with Crippen molar-refractivity contribution >= 4 is 17.7 Å². The van der Waals surface area contributed by atoms with Gasteiger partial charge in [0.25, 0.3) is 0 Å². The van der Waals surface area contributed by atoms with E-state index in [1.165, 1.54) is 17.8 Å². The molecular weight excluding hydrogens is 395 g/mol. The van der Waals surface area contributed by atoms with Crippen LogP contribution in [0.1, 0.15) is 30.6 Å². The molecule has 0 spiro atoms.